The fourth-order valence-corrected chi connectivity index (χ4v) is 5.28. The average Bonchev–Trinajstić information content (AvgIpc) is 3.03. The molecule has 0 heterocycles. The molecule has 22 heavy (non-hydrogen) atoms. The van der Waals surface area contributed by atoms with E-state index in [4.69, 9.17) is 11.6 Å². The molecular formula is C17H22ClNO3. The Labute approximate surface area is 135 Å². The van der Waals surface area contributed by atoms with Crippen LogP contribution in [-0.2, 0) is 5.41 Å². The van der Waals surface area contributed by atoms with E-state index in [9.17, 15) is 15.0 Å². The van der Waals surface area contributed by atoms with Crippen LogP contribution in [0.1, 0.15) is 44.6 Å². The minimum absolute atomic E-state index is 0.413. The van der Waals surface area contributed by atoms with Gasteiger partial charge in [0.25, 0.3) is 0 Å². The standard InChI is InChI=1S/C17H22ClNO3/c1-2-14(20)17(19-15(21)22)10-11-7-8-16(17,9-11)12-5-3-4-6-13(12)18/h3-6,11,14,19-20H,2,7-10H2,1H3,(H,21,22). The lowest BCUT2D eigenvalue weighted by Gasteiger charge is -2.50. The van der Waals surface area contributed by atoms with Crippen LogP contribution in [0.4, 0.5) is 4.79 Å². The molecule has 0 aromatic heterocycles. The summed E-state index contributed by atoms with van der Waals surface area (Å²) in [5.74, 6) is 0.435. The second-order valence-corrected chi connectivity index (χ2v) is 7.11. The summed E-state index contributed by atoms with van der Waals surface area (Å²) in [5.41, 5.74) is -0.288. The van der Waals surface area contributed by atoms with Crippen molar-refractivity contribution in [3.63, 3.8) is 0 Å². The lowest BCUT2D eigenvalue weighted by atomic mass is 9.62. The van der Waals surface area contributed by atoms with E-state index in [0.717, 1.165) is 24.8 Å². The van der Waals surface area contributed by atoms with E-state index >= 15 is 0 Å². The minimum Gasteiger partial charge on any atom is -0.465 e. The molecule has 0 radical (unpaired) electrons. The van der Waals surface area contributed by atoms with Crippen LogP contribution >= 0.6 is 11.6 Å². The van der Waals surface area contributed by atoms with Gasteiger partial charge >= 0.3 is 6.09 Å². The first kappa shape index (κ1) is 15.6. The molecule has 4 unspecified atom stereocenters. The molecule has 2 aliphatic carbocycles. The van der Waals surface area contributed by atoms with E-state index in [0.29, 0.717) is 23.8 Å². The van der Waals surface area contributed by atoms with Crippen molar-refractivity contribution < 1.29 is 15.0 Å². The number of hydrogen-bond donors (Lipinski definition) is 3. The highest BCUT2D eigenvalue weighted by atomic mass is 35.5. The second-order valence-electron chi connectivity index (χ2n) is 6.70. The van der Waals surface area contributed by atoms with Crippen molar-refractivity contribution in [1.29, 1.82) is 0 Å². The molecule has 2 aliphatic rings. The number of benzene rings is 1. The van der Waals surface area contributed by atoms with E-state index in [1.807, 2.05) is 31.2 Å². The molecule has 4 nitrogen and oxygen atoms in total. The molecule has 0 aliphatic heterocycles. The van der Waals surface area contributed by atoms with Gasteiger partial charge in [0.15, 0.2) is 0 Å². The quantitative estimate of drug-likeness (QED) is 0.793. The summed E-state index contributed by atoms with van der Waals surface area (Å²) < 4.78 is 0. The summed E-state index contributed by atoms with van der Waals surface area (Å²) in [6.45, 7) is 1.89. The zero-order chi connectivity index (χ0) is 16.0. The Hall–Kier alpha value is -1.26. The van der Waals surface area contributed by atoms with Gasteiger partial charge in [0.1, 0.15) is 0 Å². The molecule has 3 N–H and O–H groups in total. The summed E-state index contributed by atoms with van der Waals surface area (Å²) >= 11 is 6.45. The van der Waals surface area contributed by atoms with Gasteiger partial charge < -0.3 is 15.5 Å². The number of aliphatic hydroxyl groups excluding tert-OH is 1. The van der Waals surface area contributed by atoms with Gasteiger partial charge in [-0.15, -0.1) is 0 Å². The molecular weight excluding hydrogens is 302 g/mol. The van der Waals surface area contributed by atoms with Crippen LogP contribution < -0.4 is 5.32 Å². The fourth-order valence-electron chi connectivity index (χ4n) is 4.96. The molecule has 0 saturated heterocycles. The Kier molecular flexibility index (Phi) is 3.86. The van der Waals surface area contributed by atoms with Gasteiger partial charge in [0, 0.05) is 10.4 Å². The molecule has 1 amide bonds. The van der Waals surface area contributed by atoms with Gasteiger partial charge in [-0.25, -0.2) is 4.79 Å². The Bertz CT molecular complexity index is 593. The van der Waals surface area contributed by atoms with Gasteiger partial charge in [-0.2, -0.15) is 0 Å². The molecule has 2 saturated carbocycles. The van der Waals surface area contributed by atoms with E-state index in [2.05, 4.69) is 5.32 Å². The highest BCUT2D eigenvalue weighted by Crippen LogP contribution is 2.63. The van der Waals surface area contributed by atoms with Crippen molar-refractivity contribution in [3.8, 4) is 0 Å². The van der Waals surface area contributed by atoms with Gasteiger partial charge in [0.05, 0.1) is 11.6 Å². The van der Waals surface area contributed by atoms with Gasteiger partial charge in [-0.3, -0.25) is 0 Å². The third-order valence-electron chi connectivity index (χ3n) is 5.76. The van der Waals surface area contributed by atoms with Crippen molar-refractivity contribution in [2.75, 3.05) is 0 Å². The number of carbonyl (C=O) groups is 1. The Morgan fingerprint density at radius 3 is 2.77 bits per heavy atom. The van der Waals surface area contributed by atoms with Crippen LogP contribution in [0.5, 0.6) is 0 Å². The lowest BCUT2D eigenvalue weighted by molar-refractivity contribution is 0.00629. The molecule has 4 atom stereocenters. The molecule has 0 spiro atoms. The fraction of sp³-hybridized carbons (Fsp3) is 0.588. The van der Waals surface area contributed by atoms with E-state index in [1.165, 1.54) is 0 Å². The van der Waals surface area contributed by atoms with E-state index < -0.39 is 23.2 Å². The maximum Gasteiger partial charge on any atom is 0.405 e. The minimum atomic E-state index is -1.08. The van der Waals surface area contributed by atoms with Crippen molar-refractivity contribution in [2.24, 2.45) is 5.92 Å². The lowest BCUT2D eigenvalue weighted by Crippen LogP contribution is -2.66. The zero-order valence-electron chi connectivity index (χ0n) is 12.7. The maximum absolute atomic E-state index is 11.5. The van der Waals surface area contributed by atoms with Crippen LogP contribution in [-0.4, -0.2) is 27.9 Å². The number of halogens is 1. The molecule has 5 heteroatoms. The number of rotatable bonds is 4. The molecule has 1 aromatic carbocycles. The predicted molar refractivity (Wildman–Crippen MR) is 85.3 cm³/mol. The third kappa shape index (κ3) is 2.04. The summed E-state index contributed by atoms with van der Waals surface area (Å²) in [6, 6.07) is 7.65. The summed E-state index contributed by atoms with van der Waals surface area (Å²) in [4.78, 5) is 11.5. The SMILES string of the molecule is CCC(O)C1(NC(=O)O)CC2CCC1(c1ccccc1Cl)C2. The van der Waals surface area contributed by atoms with Crippen molar-refractivity contribution in [1.82, 2.24) is 5.32 Å². The predicted octanol–water partition coefficient (Wildman–Crippen LogP) is 3.56. The first-order valence-electron chi connectivity index (χ1n) is 7.89. The third-order valence-corrected chi connectivity index (χ3v) is 6.09. The van der Waals surface area contributed by atoms with Crippen molar-refractivity contribution in [3.05, 3.63) is 34.9 Å². The van der Waals surface area contributed by atoms with E-state index in [-0.39, 0.29) is 0 Å². The molecule has 2 bridgehead atoms. The molecule has 3 rings (SSSR count). The smallest absolute Gasteiger partial charge is 0.405 e. The summed E-state index contributed by atoms with van der Waals surface area (Å²) in [6.07, 6.45) is 2.20. The van der Waals surface area contributed by atoms with Crippen LogP contribution in [0.15, 0.2) is 24.3 Å². The van der Waals surface area contributed by atoms with Gasteiger partial charge in [-0.05, 0) is 49.7 Å². The van der Waals surface area contributed by atoms with Crippen LogP contribution in [0, 0.1) is 5.92 Å². The molecule has 1 aromatic rings. The maximum atomic E-state index is 11.5. The number of carboxylic acid groups (broad SMARTS) is 1. The number of nitrogens with one attached hydrogen (secondary N) is 1. The monoisotopic (exact) mass is 323 g/mol. The highest BCUT2D eigenvalue weighted by molar-refractivity contribution is 6.31. The number of amides is 1. The highest BCUT2D eigenvalue weighted by Gasteiger charge is 2.66. The molecule has 2 fully saturated rings. The van der Waals surface area contributed by atoms with Crippen molar-refractivity contribution in [2.45, 2.75) is 56.1 Å². The number of aliphatic hydroxyl groups is 1. The average molecular weight is 324 g/mol. The van der Waals surface area contributed by atoms with Gasteiger partial charge in [0.2, 0.25) is 0 Å². The Balaban J connectivity index is 2.17. The molecule has 120 valence electrons. The Morgan fingerprint density at radius 2 is 2.18 bits per heavy atom. The largest absolute Gasteiger partial charge is 0.465 e. The second kappa shape index (κ2) is 5.43. The van der Waals surface area contributed by atoms with Crippen molar-refractivity contribution >= 4 is 17.7 Å². The van der Waals surface area contributed by atoms with Gasteiger partial charge in [-0.1, -0.05) is 36.7 Å². The van der Waals surface area contributed by atoms with Crippen LogP contribution in [0.2, 0.25) is 5.02 Å². The Morgan fingerprint density at radius 1 is 1.45 bits per heavy atom. The summed E-state index contributed by atoms with van der Waals surface area (Å²) in [7, 11) is 0. The summed E-state index contributed by atoms with van der Waals surface area (Å²) in [5, 5.41) is 23.5. The first-order valence-corrected chi connectivity index (χ1v) is 8.27. The van der Waals surface area contributed by atoms with E-state index in [1.54, 1.807) is 0 Å². The topological polar surface area (TPSA) is 69.6 Å². The number of hydrogen-bond acceptors (Lipinski definition) is 2. The zero-order valence-corrected chi connectivity index (χ0v) is 13.4. The normalized spacial score (nSPS) is 34.6. The number of fused-ring (bicyclic) bond motifs is 2. The van der Waals surface area contributed by atoms with Crippen LogP contribution in [0.25, 0.3) is 0 Å². The van der Waals surface area contributed by atoms with Crippen LogP contribution in [0.3, 0.4) is 0 Å². The first-order chi connectivity index (χ1) is 10.4.